The predicted octanol–water partition coefficient (Wildman–Crippen LogP) is -2.25. The van der Waals surface area contributed by atoms with Gasteiger partial charge in [0.15, 0.2) is 11.5 Å². The van der Waals surface area contributed by atoms with Crippen molar-refractivity contribution in [3.8, 4) is 11.5 Å². The number of benzene rings is 1. The first kappa shape index (κ1) is 20.1. The van der Waals surface area contributed by atoms with Gasteiger partial charge in [-0.05, 0) is 24.1 Å². The number of hydrogen-bond acceptors (Lipinski definition) is 8. The Morgan fingerprint density at radius 2 is 1.55 bits per heavy atom. The second kappa shape index (κ2) is 9.92. The highest BCUT2D eigenvalue weighted by molar-refractivity contribution is 5.73. The molecule has 1 aromatic rings. The number of aromatic hydroxyl groups is 2. The van der Waals surface area contributed by atoms with Gasteiger partial charge < -0.3 is 41.5 Å². The number of phenols is 2. The van der Waals surface area contributed by atoms with Crippen LogP contribution in [-0.2, 0) is 11.2 Å². The molecule has 0 saturated heterocycles. The SMILES string of the molecule is NC(Cc1ccc(O)c(O)c1)C(=O)O.OCC(O)C(O)CO. The second-order valence-electron chi connectivity index (χ2n) is 4.47. The summed E-state index contributed by atoms with van der Waals surface area (Å²) in [6.07, 6.45) is -2.33. The fourth-order valence-corrected chi connectivity index (χ4v) is 1.28. The second-order valence-corrected chi connectivity index (χ2v) is 4.47. The lowest BCUT2D eigenvalue weighted by Gasteiger charge is -2.10. The first-order valence-electron chi connectivity index (χ1n) is 6.30. The summed E-state index contributed by atoms with van der Waals surface area (Å²) in [6, 6.07) is 3.09. The molecule has 0 aliphatic carbocycles. The first-order valence-corrected chi connectivity index (χ1v) is 6.30. The van der Waals surface area contributed by atoms with Crippen LogP contribution < -0.4 is 5.73 Å². The van der Waals surface area contributed by atoms with E-state index in [1.165, 1.54) is 18.2 Å². The van der Waals surface area contributed by atoms with E-state index in [9.17, 15) is 4.79 Å². The Morgan fingerprint density at radius 1 is 1.05 bits per heavy atom. The number of aliphatic hydroxyl groups excluding tert-OH is 4. The van der Waals surface area contributed by atoms with E-state index in [0.29, 0.717) is 5.56 Å². The Bertz CT molecular complexity index is 459. The van der Waals surface area contributed by atoms with Crippen LogP contribution in [0.3, 0.4) is 0 Å². The molecule has 3 unspecified atom stereocenters. The van der Waals surface area contributed by atoms with Crippen molar-refractivity contribution in [2.24, 2.45) is 5.73 Å². The van der Waals surface area contributed by atoms with Crippen molar-refractivity contribution in [3.05, 3.63) is 23.8 Å². The number of hydrogen-bond donors (Lipinski definition) is 8. The lowest BCUT2D eigenvalue weighted by molar-refractivity contribution is -0.138. The Balaban J connectivity index is 0.000000472. The van der Waals surface area contributed by atoms with Crippen LogP contribution in [0, 0.1) is 0 Å². The van der Waals surface area contributed by atoms with Gasteiger partial charge in [0.2, 0.25) is 0 Å². The van der Waals surface area contributed by atoms with Gasteiger partial charge >= 0.3 is 5.97 Å². The minimum Gasteiger partial charge on any atom is -0.504 e. The van der Waals surface area contributed by atoms with Gasteiger partial charge in [-0.1, -0.05) is 6.07 Å². The molecule has 9 N–H and O–H groups in total. The molecule has 22 heavy (non-hydrogen) atoms. The molecule has 0 aliphatic heterocycles. The molecule has 126 valence electrons. The van der Waals surface area contributed by atoms with Gasteiger partial charge in [-0.15, -0.1) is 0 Å². The molecule has 3 atom stereocenters. The van der Waals surface area contributed by atoms with E-state index in [0.717, 1.165) is 0 Å². The number of carboxylic acids is 1. The van der Waals surface area contributed by atoms with Gasteiger partial charge in [0.25, 0.3) is 0 Å². The zero-order valence-electron chi connectivity index (χ0n) is 11.7. The number of aliphatic carboxylic acids is 1. The zero-order chi connectivity index (χ0) is 17.3. The third-order valence-corrected chi connectivity index (χ3v) is 2.63. The standard InChI is InChI=1S/C9H11NO4.C4H10O4/c10-6(9(13)14)3-5-1-2-7(11)8(12)4-5;5-1-3(7)4(8)2-6/h1-2,4,6,11-12H,3,10H2,(H,13,14);3-8H,1-2H2. The number of carboxylic acid groups (broad SMARTS) is 1. The summed E-state index contributed by atoms with van der Waals surface area (Å²) in [6.45, 7) is -1.05. The summed E-state index contributed by atoms with van der Waals surface area (Å²) in [4.78, 5) is 10.4. The van der Waals surface area contributed by atoms with E-state index in [1.807, 2.05) is 0 Å². The third-order valence-electron chi connectivity index (χ3n) is 2.63. The van der Waals surface area contributed by atoms with Gasteiger partial charge in [-0.25, -0.2) is 0 Å². The van der Waals surface area contributed by atoms with Crippen molar-refractivity contribution in [1.82, 2.24) is 0 Å². The minimum absolute atomic E-state index is 0.114. The van der Waals surface area contributed by atoms with Crippen molar-refractivity contribution in [1.29, 1.82) is 0 Å². The van der Waals surface area contributed by atoms with Gasteiger partial charge in [-0.3, -0.25) is 4.79 Å². The quantitative estimate of drug-likeness (QED) is 0.268. The molecule has 0 heterocycles. The topological polar surface area (TPSA) is 185 Å². The summed E-state index contributed by atoms with van der Waals surface area (Å²) in [7, 11) is 0. The minimum atomic E-state index is -1.22. The molecule has 1 aromatic carbocycles. The van der Waals surface area contributed by atoms with Crippen LogP contribution in [0.2, 0.25) is 0 Å². The van der Waals surface area contributed by atoms with E-state index < -0.39 is 37.4 Å². The maximum atomic E-state index is 10.4. The molecular weight excluding hydrogens is 298 g/mol. The molecule has 0 aromatic heterocycles. The predicted molar refractivity (Wildman–Crippen MR) is 75.3 cm³/mol. The number of phenolic OH excluding ortho intramolecular Hbond substituents is 2. The molecule has 0 spiro atoms. The Hall–Kier alpha value is -1.91. The number of carbonyl (C=O) groups is 1. The van der Waals surface area contributed by atoms with Gasteiger partial charge in [0.05, 0.1) is 13.2 Å². The Morgan fingerprint density at radius 3 is 1.91 bits per heavy atom. The first-order chi connectivity index (χ1) is 10.2. The molecule has 0 radical (unpaired) electrons. The van der Waals surface area contributed by atoms with Crippen LogP contribution in [0.25, 0.3) is 0 Å². The van der Waals surface area contributed by atoms with Crippen LogP contribution in [0.5, 0.6) is 11.5 Å². The summed E-state index contributed by atoms with van der Waals surface area (Å²) in [5.74, 6) is -1.62. The molecule has 1 rings (SSSR count). The molecule has 0 bridgehead atoms. The van der Waals surface area contributed by atoms with Crippen LogP contribution in [-0.4, -0.2) is 73.2 Å². The third kappa shape index (κ3) is 7.20. The van der Waals surface area contributed by atoms with Crippen LogP contribution in [0.1, 0.15) is 5.56 Å². The van der Waals surface area contributed by atoms with E-state index in [4.69, 9.17) is 41.5 Å². The summed E-state index contributed by atoms with van der Waals surface area (Å²) >= 11 is 0. The number of rotatable bonds is 6. The smallest absolute Gasteiger partial charge is 0.320 e. The van der Waals surface area contributed by atoms with Gasteiger partial charge in [0, 0.05) is 0 Å². The molecule has 0 fully saturated rings. The van der Waals surface area contributed by atoms with Crippen molar-refractivity contribution >= 4 is 5.97 Å². The van der Waals surface area contributed by atoms with Crippen molar-refractivity contribution in [2.75, 3.05) is 13.2 Å². The molecule has 9 heteroatoms. The fourth-order valence-electron chi connectivity index (χ4n) is 1.28. The molecule has 9 nitrogen and oxygen atoms in total. The maximum absolute atomic E-state index is 10.4. The fraction of sp³-hybridized carbons (Fsp3) is 0.462. The summed E-state index contributed by atoms with van der Waals surface area (Å²) < 4.78 is 0. The molecule has 0 saturated carbocycles. The largest absolute Gasteiger partial charge is 0.504 e. The normalized spacial score (nSPS) is 14.4. The van der Waals surface area contributed by atoms with E-state index in [1.54, 1.807) is 0 Å². The van der Waals surface area contributed by atoms with Gasteiger partial charge in [0.1, 0.15) is 18.2 Å². The van der Waals surface area contributed by atoms with Crippen molar-refractivity contribution < 1.29 is 40.5 Å². The molecule has 0 aliphatic rings. The average molecular weight is 319 g/mol. The van der Waals surface area contributed by atoms with E-state index in [-0.39, 0.29) is 17.9 Å². The van der Waals surface area contributed by atoms with Crippen LogP contribution >= 0.6 is 0 Å². The van der Waals surface area contributed by atoms with Gasteiger partial charge in [-0.2, -0.15) is 0 Å². The Kier molecular flexibility index (Phi) is 9.06. The number of aliphatic hydroxyl groups is 4. The highest BCUT2D eigenvalue weighted by Crippen LogP contribution is 2.25. The molecular formula is C13H21NO8. The number of nitrogens with two attached hydrogens (primary N) is 1. The monoisotopic (exact) mass is 319 g/mol. The van der Waals surface area contributed by atoms with Crippen molar-refractivity contribution in [2.45, 2.75) is 24.7 Å². The molecule has 0 amide bonds. The maximum Gasteiger partial charge on any atom is 0.320 e. The lowest BCUT2D eigenvalue weighted by Crippen LogP contribution is -2.32. The van der Waals surface area contributed by atoms with Crippen molar-refractivity contribution in [3.63, 3.8) is 0 Å². The van der Waals surface area contributed by atoms with Crippen LogP contribution in [0.15, 0.2) is 18.2 Å². The lowest BCUT2D eigenvalue weighted by atomic mass is 10.1. The van der Waals surface area contributed by atoms with E-state index >= 15 is 0 Å². The van der Waals surface area contributed by atoms with Crippen LogP contribution in [0.4, 0.5) is 0 Å². The summed E-state index contributed by atoms with van der Waals surface area (Å²) in [5, 5.41) is 59.8. The highest BCUT2D eigenvalue weighted by Gasteiger charge is 2.13. The van der Waals surface area contributed by atoms with E-state index in [2.05, 4.69) is 0 Å². The Labute approximate surface area is 126 Å². The highest BCUT2D eigenvalue weighted by atomic mass is 16.4. The zero-order valence-corrected chi connectivity index (χ0v) is 11.7. The average Bonchev–Trinajstić information content (AvgIpc) is 2.49. The summed E-state index contributed by atoms with van der Waals surface area (Å²) in [5.41, 5.74) is 5.86.